The number of hydrogen-bond donors (Lipinski definition) is 4. The van der Waals surface area contributed by atoms with E-state index in [9.17, 15) is 14.4 Å². The average Bonchev–Trinajstić information content (AvgIpc) is 3.37. The van der Waals surface area contributed by atoms with Crippen molar-refractivity contribution >= 4 is 40.3 Å². The summed E-state index contributed by atoms with van der Waals surface area (Å²) in [6.45, 7) is 6.03. The van der Waals surface area contributed by atoms with E-state index in [4.69, 9.17) is 6.42 Å². The molecule has 0 radical (unpaired) electrons. The van der Waals surface area contributed by atoms with E-state index >= 15 is 0 Å². The molecule has 2 heterocycles. The summed E-state index contributed by atoms with van der Waals surface area (Å²) in [5, 5.41) is 18.6. The Kier molecular flexibility index (Phi) is 6.97. The number of carbonyl (C=O) groups excluding carboxylic acids is 2. The van der Waals surface area contributed by atoms with Crippen LogP contribution in [-0.2, 0) is 11.3 Å². The van der Waals surface area contributed by atoms with Gasteiger partial charge in [0.25, 0.3) is 17.4 Å². The Morgan fingerprint density at radius 3 is 2.51 bits per heavy atom. The summed E-state index contributed by atoms with van der Waals surface area (Å²) in [4.78, 5) is 46.3. The second kappa shape index (κ2) is 10.3. The number of terminal acetylenes is 1. The first kappa shape index (κ1) is 25.1. The van der Waals surface area contributed by atoms with E-state index < -0.39 is 5.41 Å². The van der Waals surface area contributed by atoms with Crippen LogP contribution in [-0.4, -0.2) is 49.0 Å². The standard InChI is InChI=1S/C25H25N9O3/c1-5-12-34(17-9-7-16(8-10-17)20(35)27-24-30-32-33-31-24)14-15-6-11-19-18(13-15)21(36)28-23(26-19)29-22(37)25(2,3)4/h1,6-11,13H,12,14H2,2-4H3,(H2,26,28,29,36,37)(H2,27,30,31,32,33,35). The Bertz CT molecular complexity index is 1530. The van der Waals surface area contributed by atoms with Gasteiger partial charge in [-0.05, 0) is 47.2 Å². The Labute approximate surface area is 211 Å². The quantitative estimate of drug-likeness (QED) is 0.282. The van der Waals surface area contributed by atoms with Gasteiger partial charge in [-0.25, -0.2) is 4.98 Å². The lowest BCUT2D eigenvalue weighted by Crippen LogP contribution is -2.29. The van der Waals surface area contributed by atoms with Crippen LogP contribution in [0.1, 0.15) is 36.7 Å². The Balaban J connectivity index is 1.52. The Hall–Kier alpha value is -5.05. The summed E-state index contributed by atoms with van der Waals surface area (Å²) >= 11 is 0. The molecule has 0 bridgehead atoms. The fraction of sp³-hybridized carbons (Fsp3) is 0.240. The molecule has 2 amide bonds. The number of tetrazole rings is 1. The lowest BCUT2D eigenvalue weighted by Gasteiger charge is -2.23. The molecule has 0 unspecified atom stereocenters. The van der Waals surface area contributed by atoms with Gasteiger partial charge in [0.1, 0.15) is 0 Å². The summed E-state index contributed by atoms with van der Waals surface area (Å²) in [5.74, 6) is 2.18. The molecule has 0 saturated heterocycles. The van der Waals surface area contributed by atoms with Crippen LogP contribution in [0.3, 0.4) is 0 Å². The van der Waals surface area contributed by atoms with Gasteiger partial charge in [0.15, 0.2) is 0 Å². The molecule has 0 aliphatic carbocycles. The van der Waals surface area contributed by atoms with Crippen molar-refractivity contribution in [2.45, 2.75) is 27.3 Å². The highest BCUT2D eigenvalue weighted by atomic mass is 16.2. The summed E-state index contributed by atoms with van der Waals surface area (Å²) in [5.41, 5.74) is 1.50. The van der Waals surface area contributed by atoms with E-state index in [-0.39, 0.29) is 29.3 Å². The summed E-state index contributed by atoms with van der Waals surface area (Å²) < 4.78 is 0. The number of anilines is 3. The van der Waals surface area contributed by atoms with Crippen molar-refractivity contribution in [2.24, 2.45) is 5.41 Å². The Morgan fingerprint density at radius 1 is 1.11 bits per heavy atom. The maximum Gasteiger partial charge on any atom is 0.270 e. The molecular weight excluding hydrogens is 474 g/mol. The minimum atomic E-state index is -0.631. The second-order valence-electron chi connectivity index (χ2n) is 9.27. The Morgan fingerprint density at radius 2 is 1.86 bits per heavy atom. The molecule has 37 heavy (non-hydrogen) atoms. The number of H-pyrrole nitrogens is 2. The zero-order valence-electron chi connectivity index (χ0n) is 20.5. The summed E-state index contributed by atoms with van der Waals surface area (Å²) in [7, 11) is 0. The fourth-order valence-corrected chi connectivity index (χ4v) is 3.42. The van der Waals surface area contributed by atoms with Gasteiger partial charge in [-0.1, -0.05) is 37.9 Å². The largest absolute Gasteiger partial charge is 0.356 e. The molecule has 188 valence electrons. The van der Waals surface area contributed by atoms with Crippen LogP contribution in [0.4, 0.5) is 17.6 Å². The number of rotatable bonds is 7. The smallest absolute Gasteiger partial charge is 0.270 e. The molecule has 4 rings (SSSR count). The molecule has 12 nitrogen and oxygen atoms in total. The normalized spacial score (nSPS) is 11.1. The number of benzene rings is 2. The number of carbonyl (C=O) groups is 2. The molecule has 12 heteroatoms. The van der Waals surface area contributed by atoms with Crippen LogP contribution in [0.25, 0.3) is 10.9 Å². The first-order valence-corrected chi connectivity index (χ1v) is 11.3. The van der Waals surface area contributed by atoms with Crippen molar-refractivity contribution in [1.82, 2.24) is 30.6 Å². The van der Waals surface area contributed by atoms with Crippen LogP contribution < -0.4 is 21.1 Å². The number of nitrogens with one attached hydrogen (secondary N) is 4. The van der Waals surface area contributed by atoms with Gasteiger partial charge >= 0.3 is 0 Å². The number of nitrogens with zero attached hydrogens (tertiary/aromatic N) is 5. The molecule has 0 aliphatic rings. The van der Waals surface area contributed by atoms with Crippen LogP contribution in [0.5, 0.6) is 0 Å². The van der Waals surface area contributed by atoms with Crippen molar-refractivity contribution < 1.29 is 9.59 Å². The maximum atomic E-state index is 12.7. The van der Waals surface area contributed by atoms with Gasteiger partial charge in [-0.15, -0.1) is 11.5 Å². The van der Waals surface area contributed by atoms with Crippen LogP contribution in [0.2, 0.25) is 0 Å². The van der Waals surface area contributed by atoms with E-state index in [1.165, 1.54) is 0 Å². The molecule has 4 aromatic rings. The number of hydrogen-bond acceptors (Lipinski definition) is 8. The molecule has 2 aromatic carbocycles. The van der Waals surface area contributed by atoms with E-state index in [0.717, 1.165) is 11.3 Å². The maximum absolute atomic E-state index is 12.7. The van der Waals surface area contributed by atoms with Crippen molar-refractivity contribution in [1.29, 1.82) is 0 Å². The zero-order chi connectivity index (χ0) is 26.6. The SMILES string of the molecule is C#CCN(Cc1ccc2nc(NC(=O)C(C)(C)C)[nH]c(=O)c2c1)c1ccc(C(=O)Nc2nn[nH]n2)cc1. The second-order valence-corrected chi connectivity index (χ2v) is 9.27. The summed E-state index contributed by atoms with van der Waals surface area (Å²) in [6.07, 6.45) is 5.60. The molecule has 4 N–H and O–H groups in total. The third-order valence-electron chi connectivity index (χ3n) is 5.40. The third-order valence-corrected chi connectivity index (χ3v) is 5.40. The van der Waals surface area contributed by atoms with Gasteiger partial charge in [-0.3, -0.25) is 30.0 Å². The highest BCUT2D eigenvalue weighted by Gasteiger charge is 2.22. The number of aromatic nitrogens is 6. The van der Waals surface area contributed by atoms with E-state index in [2.05, 4.69) is 47.1 Å². The minimum Gasteiger partial charge on any atom is -0.356 e. The molecule has 0 saturated carbocycles. The van der Waals surface area contributed by atoms with E-state index in [0.29, 0.717) is 29.6 Å². The topological polar surface area (TPSA) is 162 Å². The lowest BCUT2D eigenvalue weighted by molar-refractivity contribution is -0.123. The highest BCUT2D eigenvalue weighted by molar-refractivity contribution is 6.03. The van der Waals surface area contributed by atoms with Crippen LogP contribution >= 0.6 is 0 Å². The van der Waals surface area contributed by atoms with Gasteiger partial charge in [-0.2, -0.15) is 5.21 Å². The van der Waals surface area contributed by atoms with Gasteiger partial charge < -0.3 is 4.90 Å². The van der Waals surface area contributed by atoms with Crippen LogP contribution in [0.15, 0.2) is 47.3 Å². The average molecular weight is 500 g/mol. The lowest BCUT2D eigenvalue weighted by atomic mass is 9.96. The van der Waals surface area contributed by atoms with Crippen molar-refractivity contribution in [3.63, 3.8) is 0 Å². The van der Waals surface area contributed by atoms with Gasteiger partial charge in [0.05, 0.1) is 17.4 Å². The monoisotopic (exact) mass is 499 g/mol. The molecular formula is C25H25N9O3. The number of amides is 2. The summed E-state index contributed by atoms with van der Waals surface area (Å²) in [6, 6.07) is 12.2. The molecule has 0 fully saturated rings. The molecule has 0 spiro atoms. The minimum absolute atomic E-state index is 0.0764. The van der Waals surface area contributed by atoms with Crippen molar-refractivity contribution in [3.05, 3.63) is 63.9 Å². The molecule has 0 atom stereocenters. The predicted octanol–water partition coefficient (Wildman–Crippen LogP) is 2.31. The number of aromatic amines is 2. The van der Waals surface area contributed by atoms with Crippen molar-refractivity contribution in [2.75, 3.05) is 22.1 Å². The third kappa shape index (κ3) is 5.96. The number of fused-ring (bicyclic) bond motifs is 1. The van der Waals surface area contributed by atoms with Crippen molar-refractivity contribution in [3.8, 4) is 12.3 Å². The molecule has 0 aliphatic heterocycles. The zero-order valence-corrected chi connectivity index (χ0v) is 20.5. The van der Waals surface area contributed by atoms with Gasteiger partial charge in [0, 0.05) is 23.2 Å². The first-order chi connectivity index (χ1) is 17.6. The molecule has 2 aromatic heterocycles. The van der Waals surface area contributed by atoms with Crippen LogP contribution in [0, 0.1) is 17.8 Å². The van der Waals surface area contributed by atoms with Gasteiger partial charge in [0.2, 0.25) is 11.9 Å². The predicted molar refractivity (Wildman–Crippen MR) is 139 cm³/mol. The highest BCUT2D eigenvalue weighted by Crippen LogP contribution is 2.21. The van der Waals surface area contributed by atoms with E-state index in [1.807, 2.05) is 11.0 Å². The van der Waals surface area contributed by atoms with E-state index in [1.54, 1.807) is 57.2 Å². The fourth-order valence-electron chi connectivity index (χ4n) is 3.42. The first-order valence-electron chi connectivity index (χ1n) is 11.3.